The molecule has 118 valence electrons. The molecule has 0 saturated heterocycles. The van der Waals surface area contributed by atoms with Crippen molar-refractivity contribution in [2.75, 3.05) is 0 Å². The van der Waals surface area contributed by atoms with Crippen molar-refractivity contribution in [3.63, 3.8) is 0 Å². The van der Waals surface area contributed by atoms with Crippen molar-refractivity contribution in [3.8, 4) is 11.8 Å². The molecule has 1 fully saturated rings. The number of nitrogens with one attached hydrogen (secondary N) is 1. The minimum atomic E-state index is -0.734. The predicted molar refractivity (Wildman–Crippen MR) is 78.5 cm³/mol. The minimum Gasteiger partial charge on any atom is -0.487 e. The van der Waals surface area contributed by atoms with E-state index in [9.17, 15) is 9.18 Å². The average molecular weight is 306 g/mol. The van der Waals surface area contributed by atoms with E-state index >= 15 is 0 Å². The van der Waals surface area contributed by atoms with Gasteiger partial charge in [0.25, 0.3) is 0 Å². The van der Waals surface area contributed by atoms with E-state index in [1.165, 1.54) is 13.1 Å². The number of nitrogens with zero attached hydrogens (tertiary/aromatic N) is 2. The number of halogens is 1. The van der Waals surface area contributed by atoms with Crippen LogP contribution in [0.4, 0.5) is 4.39 Å². The number of pyridine rings is 1. The van der Waals surface area contributed by atoms with Gasteiger partial charge in [-0.3, -0.25) is 4.79 Å². The van der Waals surface area contributed by atoms with Crippen LogP contribution in [0, 0.1) is 28.0 Å². The van der Waals surface area contributed by atoms with Crippen LogP contribution in [-0.4, -0.2) is 23.0 Å². The molecule has 5 nitrogen and oxygen atoms in total. The Kier molecular flexibility index (Phi) is 3.51. The van der Waals surface area contributed by atoms with Crippen LogP contribution in [0.2, 0.25) is 1.41 Å². The van der Waals surface area contributed by atoms with Crippen LogP contribution in [0.1, 0.15) is 40.3 Å². The van der Waals surface area contributed by atoms with Gasteiger partial charge in [-0.2, -0.15) is 5.26 Å². The van der Waals surface area contributed by atoms with Crippen molar-refractivity contribution in [3.05, 3.63) is 23.8 Å². The van der Waals surface area contributed by atoms with Crippen molar-refractivity contribution in [2.45, 2.75) is 46.8 Å². The molecular formula is C16H20FN3O2. The SMILES string of the molecule is [2H]N(C(C)=O)C1C(C)(C)C(Oc2cnc(C#N)c(F)c2)C1(C)C. The van der Waals surface area contributed by atoms with Gasteiger partial charge in [0, 0.05) is 29.9 Å². The van der Waals surface area contributed by atoms with E-state index in [0.29, 0.717) is 0 Å². The van der Waals surface area contributed by atoms with Crippen LogP contribution in [0.25, 0.3) is 0 Å². The second kappa shape index (κ2) is 5.24. The summed E-state index contributed by atoms with van der Waals surface area (Å²) in [7, 11) is 0. The Labute approximate surface area is 131 Å². The molecule has 1 heterocycles. The molecule has 2 rings (SSSR count). The van der Waals surface area contributed by atoms with E-state index in [4.69, 9.17) is 11.4 Å². The second-order valence-corrected chi connectivity index (χ2v) is 6.80. The molecule has 0 aliphatic heterocycles. The Balaban J connectivity index is 2.26. The molecule has 1 aromatic heterocycles. The Morgan fingerprint density at radius 2 is 2.09 bits per heavy atom. The molecule has 1 amide bonds. The molecule has 6 heteroatoms. The number of ether oxygens (including phenoxy) is 1. The van der Waals surface area contributed by atoms with E-state index in [0.717, 1.165) is 11.4 Å². The molecule has 0 aromatic carbocycles. The Hall–Kier alpha value is -2.16. The number of carbonyl (C=O) groups excluding carboxylic acids is 1. The van der Waals surface area contributed by atoms with E-state index in [1.54, 1.807) is 6.07 Å². The van der Waals surface area contributed by atoms with Gasteiger partial charge in [-0.25, -0.2) is 9.37 Å². The molecule has 1 aromatic rings. The molecular weight excluding hydrogens is 285 g/mol. The summed E-state index contributed by atoms with van der Waals surface area (Å²) >= 11 is 0. The van der Waals surface area contributed by atoms with Crippen molar-refractivity contribution in [1.29, 1.82) is 5.26 Å². The van der Waals surface area contributed by atoms with Gasteiger partial charge in [0.15, 0.2) is 12.9 Å². The van der Waals surface area contributed by atoms with Gasteiger partial charge in [-0.15, -0.1) is 0 Å². The predicted octanol–water partition coefficient (Wildman–Crippen LogP) is 2.41. The fraction of sp³-hybridized carbons (Fsp3) is 0.562. The summed E-state index contributed by atoms with van der Waals surface area (Å²) in [5.74, 6) is -0.839. The Morgan fingerprint density at radius 3 is 2.55 bits per heavy atom. The van der Waals surface area contributed by atoms with E-state index < -0.39 is 16.6 Å². The van der Waals surface area contributed by atoms with Gasteiger partial charge in [0.05, 0.1) is 6.20 Å². The van der Waals surface area contributed by atoms with Gasteiger partial charge in [0.1, 0.15) is 17.9 Å². The molecule has 1 aliphatic rings. The van der Waals surface area contributed by atoms with Crippen LogP contribution in [0.5, 0.6) is 5.75 Å². The number of hydrogen-bond donors (Lipinski definition) is 1. The first-order valence-electron chi connectivity index (χ1n) is 7.49. The normalized spacial score (nSPS) is 25.4. The molecule has 0 radical (unpaired) electrons. The minimum absolute atomic E-state index is 0.227. The van der Waals surface area contributed by atoms with Crippen molar-refractivity contribution < 1.29 is 15.3 Å². The van der Waals surface area contributed by atoms with Crippen LogP contribution >= 0.6 is 0 Å². The van der Waals surface area contributed by atoms with E-state index in [-0.39, 0.29) is 29.5 Å². The third kappa shape index (κ3) is 2.52. The lowest BCUT2D eigenvalue weighted by Gasteiger charge is -2.63. The zero-order valence-corrected chi connectivity index (χ0v) is 13.3. The lowest BCUT2D eigenvalue weighted by molar-refractivity contribution is -0.172. The van der Waals surface area contributed by atoms with Gasteiger partial charge in [0.2, 0.25) is 5.91 Å². The third-order valence-corrected chi connectivity index (χ3v) is 4.25. The molecule has 1 N–H and O–H groups in total. The number of rotatable bonds is 3. The largest absolute Gasteiger partial charge is 0.487 e. The molecule has 0 bridgehead atoms. The fourth-order valence-electron chi connectivity index (χ4n) is 3.63. The highest BCUT2D eigenvalue weighted by molar-refractivity contribution is 5.73. The zero-order chi connectivity index (χ0) is 17.6. The maximum atomic E-state index is 13.7. The highest BCUT2D eigenvalue weighted by atomic mass is 19.1. The molecule has 1 aliphatic carbocycles. The quantitative estimate of drug-likeness (QED) is 0.930. The number of amides is 1. The first-order chi connectivity index (χ1) is 10.5. The van der Waals surface area contributed by atoms with Gasteiger partial charge >= 0.3 is 0 Å². The standard InChI is InChI=1S/C16H20FN3O2/c1-9(21)20-13-15(2,3)14(16(13,4)5)22-10-6-11(17)12(7-18)19-8-10/h6,8,13-14H,1-5H3,(H,20,21)/i/hD. The Bertz CT molecular complexity index is 668. The van der Waals surface area contributed by atoms with E-state index in [2.05, 4.69) is 4.98 Å². The van der Waals surface area contributed by atoms with Crippen LogP contribution in [0.3, 0.4) is 0 Å². The van der Waals surface area contributed by atoms with E-state index in [1.807, 2.05) is 27.7 Å². The summed E-state index contributed by atoms with van der Waals surface area (Å²) in [6.45, 7) is 8.99. The summed E-state index contributed by atoms with van der Waals surface area (Å²) in [5, 5.41) is 9.69. The summed E-state index contributed by atoms with van der Waals surface area (Å²) in [4.78, 5) is 15.3. The smallest absolute Gasteiger partial charge is 0.217 e. The van der Waals surface area contributed by atoms with Gasteiger partial charge in [-0.05, 0) is 0 Å². The summed E-state index contributed by atoms with van der Waals surface area (Å²) in [6, 6.07) is 2.47. The monoisotopic (exact) mass is 306 g/mol. The first kappa shape index (κ1) is 14.8. The van der Waals surface area contributed by atoms with Gasteiger partial charge < -0.3 is 10.0 Å². The maximum Gasteiger partial charge on any atom is 0.217 e. The lowest BCUT2D eigenvalue weighted by atomic mass is 9.49. The molecule has 0 spiro atoms. The summed E-state index contributed by atoms with van der Waals surface area (Å²) < 4.78 is 27.5. The highest BCUT2D eigenvalue weighted by Gasteiger charge is 2.64. The molecule has 0 atom stereocenters. The molecule has 22 heavy (non-hydrogen) atoms. The van der Waals surface area contributed by atoms with Crippen LogP contribution in [0.15, 0.2) is 12.3 Å². The number of hydrogen-bond acceptors (Lipinski definition) is 4. The Morgan fingerprint density at radius 1 is 1.50 bits per heavy atom. The maximum absolute atomic E-state index is 13.7. The van der Waals surface area contributed by atoms with Crippen LogP contribution in [-0.2, 0) is 4.79 Å². The average Bonchev–Trinajstić information content (AvgIpc) is 2.43. The van der Waals surface area contributed by atoms with Crippen LogP contribution < -0.4 is 10.0 Å². The van der Waals surface area contributed by atoms with Crippen molar-refractivity contribution in [2.24, 2.45) is 10.8 Å². The number of nitriles is 1. The number of aromatic nitrogens is 1. The fourth-order valence-corrected chi connectivity index (χ4v) is 3.63. The number of carbonyl (C=O) groups is 1. The highest BCUT2D eigenvalue weighted by Crippen LogP contribution is 2.55. The summed E-state index contributed by atoms with van der Waals surface area (Å²) in [6.07, 6.45) is 0.978. The van der Waals surface area contributed by atoms with Crippen molar-refractivity contribution in [1.82, 2.24) is 10.3 Å². The first-order valence-corrected chi connectivity index (χ1v) is 7.04. The lowest BCUT2D eigenvalue weighted by Crippen LogP contribution is -2.74. The van der Waals surface area contributed by atoms with Gasteiger partial charge in [-0.1, -0.05) is 27.7 Å². The third-order valence-electron chi connectivity index (χ3n) is 4.25. The summed E-state index contributed by atoms with van der Waals surface area (Å²) in [5.41, 5.74) is -1.25. The molecule has 1 saturated carbocycles. The topological polar surface area (TPSA) is 75.0 Å². The second-order valence-electron chi connectivity index (χ2n) is 6.80. The zero-order valence-electron chi connectivity index (χ0n) is 14.3. The van der Waals surface area contributed by atoms with Crippen molar-refractivity contribution >= 4 is 5.91 Å². The molecule has 0 unspecified atom stereocenters.